The second-order valence-electron chi connectivity index (χ2n) is 6.27. The molecule has 3 nitrogen and oxygen atoms in total. The molecule has 1 aromatic carbocycles. The van der Waals surface area contributed by atoms with Gasteiger partial charge in [0.05, 0.1) is 6.42 Å². The van der Waals surface area contributed by atoms with Crippen LogP contribution >= 0.6 is 0 Å². The quantitative estimate of drug-likeness (QED) is 0.903. The van der Waals surface area contributed by atoms with Gasteiger partial charge >= 0.3 is 0 Å². The van der Waals surface area contributed by atoms with Crippen LogP contribution in [0.3, 0.4) is 0 Å². The standard InChI is InChI=1S/C17H23FN2O/c18-15-3-1-13(2-4-15)11-17(21)20(16-5-6-16)12-14-7-9-19-10-8-14/h1-4,14,16,19H,5-12H2. The molecule has 1 aromatic rings. The van der Waals surface area contributed by atoms with Crippen LogP contribution in [0.5, 0.6) is 0 Å². The molecule has 1 N–H and O–H groups in total. The van der Waals surface area contributed by atoms with E-state index in [9.17, 15) is 9.18 Å². The number of hydrogen-bond donors (Lipinski definition) is 1. The van der Waals surface area contributed by atoms with Crippen LogP contribution in [0.2, 0.25) is 0 Å². The Kier molecular flexibility index (Phi) is 4.54. The molecular weight excluding hydrogens is 267 g/mol. The molecule has 3 rings (SSSR count). The van der Waals surface area contributed by atoms with Crippen molar-refractivity contribution in [3.63, 3.8) is 0 Å². The Balaban J connectivity index is 1.60. The topological polar surface area (TPSA) is 32.3 Å². The summed E-state index contributed by atoms with van der Waals surface area (Å²) in [5.74, 6) is 0.576. The van der Waals surface area contributed by atoms with Crippen LogP contribution in [-0.2, 0) is 11.2 Å². The third kappa shape index (κ3) is 4.03. The van der Waals surface area contributed by atoms with Crippen molar-refractivity contribution in [3.05, 3.63) is 35.6 Å². The molecule has 0 atom stereocenters. The number of benzene rings is 1. The van der Waals surface area contributed by atoms with Gasteiger partial charge in [0.25, 0.3) is 0 Å². The number of rotatable bonds is 5. The minimum atomic E-state index is -0.250. The van der Waals surface area contributed by atoms with Crippen LogP contribution in [0, 0.1) is 11.7 Å². The van der Waals surface area contributed by atoms with Crippen LogP contribution in [-0.4, -0.2) is 36.5 Å². The molecule has 1 aliphatic carbocycles. The summed E-state index contributed by atoms with van der Waals surface area (Å²) in [4.78, 5) is 14.7. The molecule has 2 fully saturated rings. The number of piperidine rings is 1. The fraction of sp³-hybridized carbons (Fsp3) is 0.588. The summed E-state index contributed by atoms with van der Waals surface area (Å²) in [7, 11) is 0. The molecule has 0 spiro atoms. The van der Waals surface area contributed by atoms with Crippen molar-refractivity contribution in [3.8, 4) is 0 Å². The van der Waals surface area contributed by atoms with E-state index in [0.717, 1.165) is 50.9 Å². The van der Waals surface area contributed by atoms with Crippen LogP contribution in [0.4, 0.5) is 4.39 Å². The summed E-state index contributed by atoms with van der Waals surface area (Å²) in [5.41, 5.74) is 0.900. The van der Waals surface area contributed by atoms with Crippen molar-refractivity contribution in [1.82, 2.24) is 10.2 Å². The zero-order valence-corrected chi connectivity index (χ0v) is 12.4. The van der Waals surface area contributed by atoms with E-state index in [0.29, 0.717) is 18.4 Å². The van der Waals surface area contributed by atoms with E-state index in [1.807, 2.05) is 0 Å². The van der Waals surface area contributed by atoms with E-state index in [1.165, 1.54) is 12.1 Å². The van der Waals surface area contributed by atoms with E-state index in [2.05, 4.69) is 10.2 Å². The highest BCUT2D eigenvalue weighted by Gasteiger charge is 2.34. The zero-order chi connectivity index (χ0) is 14.7. The molecule has 114 valence electrons. The van der Waals surface area contributed by atoms with Gasteiger partial charge in [-0.2, -0.15) is 0 Å². The SMILES string of the molecule is O=C(Cc1ccc(F)cc1)N(CC1CCNCC1)C1CC1. The zero-order valence-electron chi connectivity index (χ0n) is 12.4. The fourth-order valence-corrected chi connectivity index (χ4v) is 3.06. The average molecular weight is 290 g/mol. The van der Waals surface area contributed by atoms with E-state index < -0.39 is 0 Å². The number of halogens is 1. The summed E-state index contributed by atoms with van der Waals surface area (Å²) in [6, 6.07) is 6.73. The van der Waals surface area contributed by atoms with Gasteiger partial charge in [0.15, 0.2) is 0 Å². The highest BCUT2D eigenvalue weighted by atomic mass is 19.1. The van der Waals surface area contributed by atoms with Gasteiger partial charge in [0, 0.05) is 12.6 Å². The Labute approximate surface area is 125 Å². The minimum Gasteiger partial charge on any atom is -0.339 e. The lowest BCUT2D eigenvalue weighted by Gasteiger charge is -2.30. The van der Waals surface area contributed by atoms with E-state index in [4.69, 9.17) is 0 Å². The van der Waals surface area contributed by atoms with Gasteiger partial charge in [-0.15, -0.1) is 0 Å². The minimum absolute atomic E-state index is 0.197. The summed E-state index contributed by atoms with van der Waals surface area (Å²) >= 11 is 0. The van der Waals surface area contributed by atoms with Crippen LogP contribution < -0.4 is 5.32 Å². The van der Waals surface area contributed by atoms with Crippen molar-refractivity contribution >= 4 is 5.91 Å². The molecule has 1 saturated carbocycles. The number of nitrogens with one attached hydrogen (secondary N) is 1. The van der Waals surface area contributed by atoms with Gasteiger partial charge in [-0.05, 0) is 62.4 Å². The Morgan fingerprint density at radius 3 is 2.43 bits per heavy atom. The molecule has 1 aliphatic heterocycles. The first-order chi connectivity index (χ1) is 10.2. The van der Waals surface area contributed by atoms with Crippen molar-refractivity contribution in [1.29, 1.82) is 0 Å². The highest BCUT2D eigenvalue weighted by molar-refractivity contribution is 5.79. The molecule has 1 heterocycles. The predicted octanol–water partition coefficient (Wildman–Crippen LogP) is 2.36. The van der Waals surface area contributed by atoms with Crippen molar-refractivity contribution < 1.29 is 9.18 Å². The predicted molar refractivity (Wildman–Crippen MR) is 80.4 cm³/mol. The molecule has 21 heavy (non-hydrogen) atoms. The van der Waals surface area contributed by atoms with E-state index in [1.54, 1.807) is 12.1 Å². The number of carbonyl (C=O) groups is 1. The summed E-state index contributed by atoms with van der Waals surface area (Å²) in [6.45, 7) is 3.02. The molecule has 0 radical (unpaired) electrons. The highest BCUT2D eigenvalue weighted by Crippen LogP contribution is 2.29. The smallest absolute Gasteiger partial charge is 0.227 e. The average Bonchev–Trinajstić information content (AvgIpc) is 3.33. The number of hydrogen-bond acceptors (Lipinski definition) is 2. The first kappa shape index (κ1) is 14.5. The monoisotopic (exact) mass is 290 g/mol. The van der Waals surface area contributed by atoms with Crippen LogP contribution in [0.25, 0.3) is 0 Å². The molecular formula is C17H23FN2O. The molecule has 0 bridgehead atoms. The second-order valence-corrected chi connectivity index (χ2v) is 6.27. The van der Waals surface area contributed by atoms with Gasteiger partial charge in [0.2, 0.25) is 5.91 Å². The summed E-state index contributed by atoms with van der Waals surface area (Å²) in [6.07, 6.45) is 4.99. The van der Waals surface area contributed by atoms with Crippen molar-refractivity contribution in [2.24, 2.45) is 5.92 Å². The van der Waals surface area contributed by atoms with Gasteiger partial charge in [-0.3, -0.25) is 4.79 Å². The second kappa shape index (κ2) is 6.56. The number of carbonyl (C=O) groups excluding carboxylic acids is 1. The Morgan fingerprint density at radius 2 is 1.81 bits per heavy atom. The lowest BCUT2D eigenvalue weighted by molar-refractivity contribution is -0.131. The normalized spacial score (nSPS) is 19.5. The third-order valence-electron chi connectivity index (χ3n) is 4.49. The maximum absolute atomic E-state index is 12.9. The molecule has 0 unspecified atom stereocenters. The molecule has 0 aromatic heterocycles. The maximum Gasteiger partial charge on any atom is 0.227 e. The molecule has 1 saturated heterocycles. The molecule has 1 amide bonds. The lowest BCUT2D eigenvalue weighted by Crippen LogP contribution is -2.41. The van der Waals surface area contributed by atoms with E-state index in [-0.39, 0.29) is 11.7 Å². The summed E-state index contributed by atoms with van der Waals surface area (Å²) < 4.78 is 12.9. The number of amides is 1. The van der Waals surface area contributed by atoms with Gasteiger partial charge in [-0.25, -0.2) is 4.39 Å². The Hall–Kier alpha value is -1.42. The first-order valence-electron chi connectivity index (χ1n) is 7.97. The van der Waals surface area contributed by atoms with Gasteiger partial charge in [0.1, 0.15) is 5.82 Å². The Morgan fingerprint density at radius 1 is 1.14 bits per heavy atom. The van der Waals surface area contributed by atoms with Crippen LogP contribution in [0.1, 0.15) is 31.2 Å². The third-order valence-corrected chi connectivity index (χ3v) is 4.49. The van der Waals surface area contributed by atoms with E-state index >= 15 is 0 Å². The maximum atomic E-state index is 12.9. The largest absolute Gasteiger partial charge is 0.339 e. The lowest BCUT2D eigenvalue weighted by atomic mass is 9.97. The van der Waals surface area contributed by atoms with Gasteiger partial charge < -0.3 is 10.2 Å². The van der Waals surface area contributed by atoms with Gasteiger partial charge in [-0.1, -0.05) is 12.1 Å². The fourth-order valence-electron chi connectivity index (χ4n) is 3.06. The van der Waals surface area contributed by atoms with Crippen molar-refractivity contribution in [2.45, 2.75) is 38.1 Å². The number of nitrogens with zero attached hydrogens (tertiary/aromatic N) is 1. The van der Waals surface area contributed by atoms with Crippen molar-refractivity contribution in [2.75, 3.05) is 19.6 Å². The molecule has 4 heteroatoms. The Bertz CT molecular complexity index is 478. The summed E-state index contributed by atoms with van der Waals surface area (Å²) in [5, 5.41) is 3.37. The first-order valence-corrected chi connectivity index (χ1v) is 7.97. The van der Waals surface area contributed by atoms with Crippen LogP contribution in [0.15, 0.2) is 24.3 Å². The molecule has 2 aliphatic rings.